The molecule has 82 valence electrons. The predicted molar refractivity (Wildman–Crippen MR) is 38.4 cm³/mol. The van der Waals surface area contributed by atoms with Crippen LogP contribution in [0.15, 0.2) is 0 Å². The number of alkyl halides is 3. The zero-order valence-electron chi connectivity index (χ0n) is 7.30. The minimum Gasteiger partial charge on any atom is -0.481 e. The molecule has 14 heavy (non-hydrogen) atoms. The molecular formula is C7H9F3O4. The largest absolute Gasteiger partial charge is 0.481 e. The summed E-state index contributed by atoms with van der Waals surface area (Å²) in [6.45, 7) is -0.477. The fraction of sp³-hybridized carbons (Fsp3) is 0.714. The molecule has 0 aliphatic rings. The Hall–Kier alpha value is -1.27. The Labute approximate surface area is 77.7 Å². The van der Waals surface area contributed by atoms with Crippen molar-refractivity contribution >= 4 is 11.9 Å². The second kappa shape index (κ2) is 4.83. The first-order chi connectivity index (χ1) is 6.22. The Kier molecular flexibility index (Phi) is 4.39. The molecule has 0 saturated heterocycles. The Balaban J connectivity index is 3.83. The highest BCUT2D eigenvalue weighted by atomic mass is 19.4. The third-order valence-electron chi connectivity index (χ3n) is 1.29. The monoisotopic (exact) mass is 214 g/mol. The molecule has 7 heteroatoms. The molecule has 0 rings (SSSR count). The summed E-state index contributed by atoms with van der Waals surface area (Å²) in [5, 5.41) is 8.33. The molecule has 0 aromatic carbocycles. The summed E-state index contributed by atoms with van der Waals surface area (Å²) < 4.78 is 38.4. The summed E-state index contributed by atoms with van der Waals surface area (Å²) in [4.78, 5) is 20.8. The normalized spacial score (nSPS) is 13.4. The second-order valence-electron chi connectivity index (χ2n) is 2.72. The molecule has 0 heterocycles. The van der Waals surface area contributed by atoms with Gasteiger partial charge in [-0.1, -0.05) is 6.92 Å². The minimum atomic E-state index is -4.58. The molecule has 0 spiro atoms. The number of aliphatic carboxylic acids is 1. The molecule has 0 amide bonds. The zero-order chi connectivity index (χ0) is 11.4. The Morgan fingerprint density at radius 3 is 2.29 bits per heavy atom. The van der Waals surface area contributed by atoms with E-state index < -0.39 is 37.1 Å². The van der Waals surface area contributed by atoms with Crippen molar-refractivity contribution in [2.24, 2.45) is 5.92 Å². The van der Waals surface area contributed by atoms with Gasteiger partial charge < -0.3 is 9.84 Å². The number of carbonyl (C=O) groups is 2. The molecule has 0 aliphatic heterocycles. The van der Waals surface area contributed by atoms with Gasteiger partial charge in [0, 0.05) is 0 Å². The van der Waals surface area contributed by atoms with Crippen LogP contribution in [0.2, 0.25) is 0 Å². The van der Waals surface area contributed by atoms with Gasteiger partial charge in [0.25, 0.3) is 0 Å². The van der Waals surface area contributed by atoms with Crippen LogP contribution in [0.1, 0.15) is 13.3 Å². The van der Waals surface area contributed by atoms with Crippen molar-refractivity contribution < 1.29 is 32.6 Å². The van der Waals surface area contributed by atoms with Crippen LogP contribution >= 0.6 is 0 Å². The number of carboxylic acids is 1. The van der Waals surface area contributed by atoms with E-state index in [9.17, 15) is 22.8 Å². The average molecular weight is 214 g/mol. The topological polar surface area (TPSA) is 63.6 Å². The summed E-state index contributed by atoms with van der Waals surface area (Å²) in [5.74, 6) is -3.47. The van der Waals surface area contributed by atoms with Crippen molar-refractivity contribution in [3.8, 4) is 0 Å². The first kappa shape index (κ1) is 12.7. The van der Waals surface area contributed by atoms with Crippen molar-refractivity contribution in [3.05, 3.63) is 0 Å². The zero-order valence-corrected chi connectivity index (χ0v) is 7.30. The Morgan fingerprint density at radius 2 is 1.93 bits per heavy atom. The van der Waals surface area contributed by atoms with Crippen LogP contribution in [0.4, 0.5) is 13.2 Å². The van der Waals surface area contributed by atoms with E-state index in [-0.39, 0.29) is 0 Å². The predicted octanol–water partition coefficient (Wildman–Crippen LogP) is 1.20. The van der Waals surface area contributed by atoms with Crippen LogP contribution in [0, 0.1) is 5.92 Å². The first-order valence-electron chi connectivity index (χ1n) is 3.67. The van der Waals surface area contributed by atoms with Crippen molar-refractivity contribution in [2.75, 3.05) is 6.61 Å². The number of rotatable bonds is 4. The molecule has 0 aromatic heterocycles. The lowest BCUT2D eigenvalue weighted by atomic mass is 10.1. The lowest BCUT2D eigenvalue weighted by Crippen LogP contribution is -2.23. The number of carboxylic acid groups (broad SMARTS) is 1. The molecule has 0 aromatic rings. The van der Waals surface area contributed by atoms with Gasteiger partial charge in [-0.3, -0.25) is 9.59 Å². The number of hydrogen-bond donors (Lipinski definition) is 1. The summed E-state index contributed by atoms with van der Waals surface area (Å²) >= 11 is 0. The average Bonchev–Trinajstić information content (AvgIpc) is 1.99. The van der Waals surface area contributed by atoms with E-state index in [4.69, 9.17) is 5.11 Å². The van der Waals surface area contributed by atoms with Gasteiger partial charge in [-0.15, -0.1) is 0 Å². The summed E-state index contributed by atoms with van der Waals surface area (Å²) in [6, 6.07) is 0. The van der Waals surface area contributed by atoms with Crippen LogP contribution in [0.25, 0.3) is 0 Å². The van der Waals surface area contributed by atoms with Crippen molar-refractivity contribution in [2.45, 2.75) is 19.5 Å². The van der Waals surface area contributed by atoms with Gasteiger partial charge in [0.2, 0.25) is 0 Å². The van der Waals surface area contributed by atoms with Gasteiger partial charge in [0.05, 0.1) is 12.3 Å². The molecule has 0 radical (unpaired) electrons. The van der Waals surface area contributed by atoms with Gasteiger partial charge >= 0.3 is 18.1 Å². The molecule has 4 nitrogen and oxygen atoms in total. The van der Waals surface area contributed by atoms with Gasteiger partial charge in [0.15, 0.2) is 6.61 Å². The third-order valence-corrected chi connectivity index (χ3v) is 1.29. The van der Waals surface area contributed by atoms with E-state index in [1.165, 1.54) is 6.92 Å². The van der Waals surface area contributed by atoms with Crippen LogP contribution in [0.5, 0.6) is 0 Å². The first-order valence-corrected chi connectivity index (χ1v) is 3.67. The minimum absolute atomic E-state index is 0.564. The maximum atomic E-state index is 11.5. The highest BCUT2D eigenvalue weighted by Gasteiger charge is 2.30. The van der Waals surface area contributed by atoms with E-state index in [1.807, 2.05) is 0 Å². The van der Waals surface area contributed by atoms with E-state index in [0.29, 0.717) is 0 Å². The van der Waals surface area contributed by atoms with Crippen molar-refractivity contribution in [1.82, 2.24) is 0 Å². The van der Waals surface area contributed by atoms with E-state index in [2.05, 4.69) is 4.74 Å². The Morgan fingerprint density at radius 1 is 1.43 bits per heavy atom. The number of ether oxygens (including phenoxy) is 1. The van der Waals surface area contributed by atoms with Gasteiger partial charge in [0.1, 0.15) is 0 Å². The van der Waals surface area contributed by atoms with E-state index in [1.54, 1.807) is 0 Å². The van der Waals surface area contributed by atoms with Crippen LogP contribution in [0.3, 0.4) is 0 Å². The molecule has 0 unspecified atom stereocenters. The van der Waals surface area contributed by atoms with Crippen LogP contribution in [-0.2, 0) is 14.3 Å². The maximum Gasteiger partial charge on any atom is 0.422 e. The molecule has 0 saturated carbocycles. The molecule has 0 fully saturated rings. The molecule has 1 atom stereocenters. The molecular weight excluding hydrogens is 205 g/mol. The quantitative estimate of drug-likeness (QED) is 0.714. The van der Waals surface area contributed by atoms with E-state index in [0.717, 1.165) is 0 Å². The van der Waals surface area contributed by atoms with Crippen LogP contribution < -0.4 is 0 Å². The maximum absolute atomic E-state index is 11.5. The number of carbonyl (C=O) groups excluding carboxylic acids is 1. The summed E-state index contributed by atoms with van der Waals surface area (Å²) in [5.41, 5.74) is 0. The lowest BCUT2D eigenvalue weighted by Gasteiger charge is -2.08. The molecule has 0 aliphatic carbocycles. The van der Waals surface area contributed by atoms with E-state index >= 15 is 0 Å². The number of esters is 1. The number of halogens is 3. The van der Waals surface area contributed by atoms with Crippen molar-refractivity contribution in [3.63, 3.8) is 0 Å². The third kappa shape index (κ3) is 6.27. The SMILES string of the molecule is C[C@H](CC(=O)OCC(F)(F)F)C(=O)O. The molecule has 0 bridgehead atoms. The highest BCUT2D eigenvalue weighted by Crippen LogP contribution is 2.15. The van der Waals surface area contributed by atoms with Crippen molar-refractivity contribution in [1.29, 1.82) is 0 Å². The number of hydrogen-bond acceptors (Lipinski definition) is 3. The highest BCUT2D eigenvalue weighted by molar-refractivity contribution is 5.78. The molecule has 1 N–H and O–H groups in total. The summed E-state index contributed by atoms with van der Waals surface area (Å²) in [6.07, 6.45) is -5.15. The summed E-state index contributed by atoms with van der Waals surface area (Å²) in [7, 11) is 0. The Bertz CT molecular complexity index is 223. The fourth-order valence-corrected chi connectivity index (χ4v) is 0.559. The lowest BCUT2D eigenvalue weighted by molar-refractivity contribution is -0.187. The van der Waals surface area contributed by atoms with Crippen LogP contribution in [-0.4, -0.2) is 29.8 Å². The van der Waals surface area contributed by atoms with Gasteiger partial charge in [-0.05, 0) is 0 Å². The fourth-order valence-electron chi connectivity index (χ4n) is 0.559. The second-order valence-corrected chi connectivity index (χ2v) is 2.72. The smallest absolute Gasteiger partial charge is 0.422 e. The standard InChI is InChI=1S/C7H9F3O4/c1-4(6(12)13)2-5(11)14-3-7(8,9)10/h4H,2-3H2,1H3,(H,12,13)/t4-/m1/s1. The van der Waals surface area contributed by atoms with Gasteiger partial charge in [-0.25, -0.2) is 0 Å². The van der Waals surface area contributed by atoms with Gasteiger partial charge in [-0.2, -0.15) is 13.2 Å².